The monoisotopic (exact) mass is 317 g/mol. The van der Waals surface area contributed by atoms with Gasteiger partial charge in [-0.2, -0.15) is 5.10 Å². The first kappa shape index (κ1) is 16.9. The van der Waals surface area contributed by atoms with Crippen LogP contribution in [0.15, 0.2) is 17.2 Å². The Morgan fingerprint density at radius 3 is 2.74 bits per heavy atom. The summed E-state index contributed by atoms with van der Waals surface area (Å²) >= 11 is 0. The van der Waals surface area contributed by atoms with Crippen molar-refractivity contribution in [1.29, 1.82) is 0 Å². The Balaban J connectivity index is 2.27. The predicted molar refractivity (Wildman–Crippen MR) is 87.4 cm³/mol. The molecule has 7 heteroatoms. The summed E-state index contributed by atoms with van der Waals surface area (Å²) in [6.07, 6.45) is 2.40. The molecule has 2 aromatic heterocycles. The molecule has 0 aliphatic rings. The molecule has 0 saturated heterocycles. The molecule has 0 fully saturated rings. The summed E-state index contributed by atoms with van der Waals surface area (Å²) in [4.78, 5) is 29.1. The quantitative estimate of drug-likeness (QED) is 0.906. The molecule has 1 amide bonds. The van der Waals surface area contributed by atoms with Crippen LogP contribution in [-0.2, 0) is 13.6 Å². The second kappa shape index (κ2) is 6.76. The Labute approximate surface area is 135 Å². The summed E-state index contributed by atoms with van der Waals surface area (Å²) in [6.45, 7) is 8.23. The molecule has 0 spiro atoms. The van der Waals surface area contributed by atoms with E-state index in [-0.39, 0.29) is 23.1 Å². The van der Waals surface area contributed by atoms with Gasteiger partial charge in [-0.1, -0.05) is 6.92 Å². The van der Waals surface area contributed by atoms with E-state index in [1.165, 1.54) is 10.9 Å². The SMILES string of the molecule is CCCn1ncnc1[C@H](C)NC(=O)c1c(C)cc(C)n(C)c1=O. The lowest BCUT2D eigenvalue weighted by molar-refractivity contribution is 0.0934. The Morgan fingerprint density at radius 1 is 1.39 bits per heavy atom. The van der Waals surface area contributed by atoms with Crippen molar-refractivity contribution in [1.82, 2.24) is 24.6 Å². The fraction of sp³-hybridized carbons (Fsp3) is 0.500. The van der Waals surface area contributed by atoms with Gasteiger partial charge in [0, 0.05) is 19.3 Å². The maximum Gasteiger partial charge on any atom is 0.263 e. The number of pyridine rings is 1. The van der Waals surface area contributed by atoms with Gasteiger partial charge in [0.2, 0.25) is 0 Å². The lowest BCUT2D eigenvalue weighted by atomic mass is 10.1. The van der Waals surface area contributed by atoms with E-state index in [2.05, 4.69) is 15.4 Å². The molecule has 2 heterocycles. The van der Waals surface area contributed by atoms with E-state index in [4.69, 9.17) is 0 Å². The van der Waals surface area contributed by atoms with Gasteiger partial charge in [-0.05, 0) is 38.8 Å². The van der Waals surface area contributed by atoms with Crippen LogP contribution in [0, 0.1) is 13.8 Å². The molecule has 7 nitrogen and oxygen atoms in total. The number of aryl methyl sites for hydroxylation is 3. The van der Waals surface area contributed by atoms with Crippen LogP contribution in [0.5, 0.6) is 0 Å². The molecule has 0 aliphatic carbocycles. The fourth-order valence-electron chi connectivity index (χ4n) is 2.58. The van der Waals surface area contributed by atoms with Crippen LogP contribution in [0.3, 0.4) is 0 Å². The van der Waals surface area contributed by atoms with Gasteiger partial charge < -0.3 is 9.88 Å². The minimum Gasteiger partial charge on any atom is -0.342 e. The summed E-state index contributed by atoms with van der Waals surface area (Å²) in [5.41, 5.74) is 1.37. The number of nitrogens with one attached hydrogen (secondary N) is 1. The minimum absolute atomic E-state index is 0.173. The molecule has 2 aromatic rings. The smallest absolute Gasteiger partial charge is 0.263 e. The number of carbonyl (C=O) groups excluding carboxylic acids is 1. The number of hydrogen-bond donors (Lipinski definition) is 1. The van der Waals surface area contributed by atoms with E-state index in [1.54, 1.807) is 18.7 Å². The number of amides is 1. The molecule has 2 rings (SSSR count). The highest BCUT2D eigenvalue weighted by Gasteiger charge is 2.21. The van der Waals surface area contributed by atoms with E-state index < -0.39 is 0 Å². The van der Waals surface area contributed by atoms with Gasteiger partial charge in [-0.15, -0.1) is 0 Å². The summed E-state index contributed by atoms with van der Waals surface area (Å²) < 4.78 is 3.25. The average molecular weight is 317 g/mol. The molecular formula is C16H23N5O2. The second-order valence-electron chi connectivity index (χ2n) is 5.74. The predicted octanol–water partition coefficient (Wildman–Crippen LogP) is 1.49. The highest BCUT2D eigenvalue weighted by Crippen LogP contribution is 2.11. The van der Waals surface area contributed by atoms with Crippen LogP contribution in [0.4, 0.5) is 0 Å². The normalized spacial score (nSPS) is 12.2. The third-order valence-electron chi connectivity index (χ3n) is 3.91. The van der Waals surface area contributed by atoms with E-state index in [9.17, 15) is 9.59 Å². The number of hydrogen-bond acceptors (Lipinski definition) is 4. The number of aromatic nitrogens is 4. The highest BCUT2D eigenvalue weighted by molar-refractivity contribution is 5.95. The van der Waals surface area contributed by atoms with Gasteiger partial charge in [0.1, 0.15) is 17.7 Å². The number of nitrogens with zero attached hydrogens (tertiary/aromatic N) is 4. The van der Waals surface area contributed by atoms with E-state index in [1.807, 2.05) is 26.8 Å². The topological polar surface area (TPSA) is 81.8 Å². The Hall–Kier alpha value is -2.44. The minimum atomic E-state index is -0.387. The van der Waals surface area contributed by atoms with Crippen molar-refractivity contribution >= 4 is 5.91 Å². The maximum atomic E-state index is 12.5. The summed E-state index contributed by atoms with van der Waals surface area (Å²) in [6, 6.07) is 1.50. The van der Waals surface area contributed by atoms with Crippen molar-refractivity contribution in [3.63, 3.8) is 0 Å². The molecule has 0 unspecified atom stereocenters. The second-order valence-corrected chi connectivity index (χ2v) is 5.74. The molecule has 0 saturated carbocycles. The Morgan fingerprint density at radius 2 is 2.09 bits per heavy atom. The van der Waals surface area contributed by atoms with Crippen LogP contribution in [0.1, 0.15) is 53.7 Å². The molecule has 23 heavy (non-hydrogen) atoms. The van der Waals surface area contributed by atoms with Crippen molar-refractivity contribution < 1.29 is 4.79 Å². The Bertz CT molecular complexity index is 775. The van der Waals surface area contributed by atoms with Crippen molar-refractivity contribution in [2.45, 2.75) is 46.7 Å². The molecule has 124 valence electrons. The van der Waals surface area contributed by atoms with E-state index >= 15 is 0 Å². The van der Waals surface area contributed by atoms with Crippen LogP contribution >= 0.6 is 0 Å². The molecular weight excluding hydrogens is 294 g/mol. The van der Waals surface area contributed by atoms with Gasteiger partial charge in [0.05, 0.1) is 6.04 Å². The van der Waals surface area contributed by atoms with Gasteiger partial charge >= 0.3 is 0 Å². The zero-order valence-electron chi connectivity index (χ0n) is 14.3. The van der Waals surface area contributed by atoms with Crippen molar-refractivity contribution in [2.75, 3.05) is 0 Å². The zero-order valence-corrected chi connectivity index (χ0v) is 14.3. The largest absolute Gasteiger partial charge is 0.342 e. The molecule has 1 atom stereocenters. The molecule has 0 aromatic carbocycles. The van der Waals surface area contributed by atoms with Crippen LogP contribution < -0.4 is 10.9 Å². The van der Waals surface area contributed by atoms with E-state index in [0.29, 0.717) is 11.4 Å². The van der Waals surface area contributed by atoms with Gasteiger partial charge in [-0.25, -0.2) is 9.67 Å². The zero-order chi connectivity index (χ0) is 17.1. The van der Waals surface area contributed by atoms with Gasteiger partial charge in [0.25, 0.3) is 11.5 Å². The van der Waals surface area contributed by atoms with Crippen LogP contribution in [0.2, 0.25) is 0 Å². The fourth-order valence-corrected chi connectivity index (χ4v) is 2.58. The highest BCUT2D eigenvalue weighted by atomic mass is 16.2. The number of rotatable bonds is 5. The third kappa shape index (κ3) is 3.33. The standard InChI is InChI=1S/C16H23N5O2/c1-6-7-21-14(17-9-18-21)12(4)19-15(22)13-10(2)8-11(3)20(5)16(13)23/h8-9,12H,6-7H2,1-5H3,(H,19,22)/t12-/m0/s1. The molecule has 1 N–H and O–H groups in total. The first-order chi connectivity index (χ1) is 10.9. The third-order valence-corrected chi connectivity index (χ3v) is 3.91. The lowest BCUT2D eigenvalue weighted by Gasteiger charge is -2.16. The van der Waals surface area contributed by atoms with Gasteiger partial charge in [0.15, 0.2) is 0 Å². The van der Waals surface area contributed by atoms with E-state index in [0.717, 1.165) is 18.7 Å². The average Bonchev–Trinajstić information content (AvgIpc) is 2.93. The Kier molecular flexibility index (Phi) is 4.98. The first-order valence-electron chi connectivity index (χ1n) is 7.72. The summed E-state index contributed by atoms with van der Waals surface area (Å²) in [7, 11) is 1.66. The van der Waals surface area contributed by atoms with Crippen LogP contribution in [0.25, 0.3) is 0 Å². The van der Waals surface area contributed by atoms with Crippen molar-refractivity contribution in [3.05, 3.63) is 45.4 Å². The first-order valence-corrected chi connectivity index (χ1v) is 7.72. The lowest BCUT2D eigenvalue weighted by Crippen LogP contribution is -2.36. The molecule has 0 radical (unpaired) electrons. The van der Waals surface area contributed by atoms with Crippen molar-refractivity contribution in [2.24, 2.45) is 7.05 Å². The maximum absolute atomic E-state index is 12.5. The summed E-state index contributed by atoms with van der Waals surface area (Å²) in [5, 5.41) is 7.01. The van der Waals surface area contributed by atoms with Crippen LogP contribution in [-0.4, -0.2) is 25.2 Å². The summed E-state index contributed by atoms with van der Waals surface area (Å²) in [5.74, 6) is 0.295. The molecule has 0 aliphatic heterocycles. The van der Waals surface area contributed by atoms with Crippen molar-refractivity contribution in [3.8, 4) is 0 Å². The molecule has 0 bridgehead atoms. The number of carbonyl (C=O) groups is 1. The van der Waals surface area contributed by atoms with Gasteiger partial charge in [-0.3, -0.25) is 9.59 Å².